The Labute approximate surface area is 122 Å². The number of anilines is 1. The van der Waals surface area contributed by atoms with Crippen LogP contribution < -0.4 is 14.8 Å². The monoisotopic (exact) mass is 294 g/mol. The normalized spacial score (nSPS) is 10.3. The number of thiophene rings is 1. The molecular weight excluding hydrogens is 276 g/mol. The van der Waals surface area contributed by atoms with E-state index >= 15 is 0 Å². The standard InChI is InChI=1S/C13H18N4O2S/c1-3-7-18-12-15-11(14-2)16-13(17-12)19-8-6-10-5-4-9-20-10/h4-5,9H,3,6-8H2,1-2H3,(H,14,15,16,17). The summed E-state index contributed by atoms with van der Waals surface area (Å²) in [6, 6.07) is 4.68. The van der Waals surface area contributed by atoms with Gasteiger partial charge < -0.3 is 14.8 Å². The molecular formula is C13H18N4O2S. The lowest BCUT2D eigenvalue weighted by Gasteiger charge is -2.08. The van der Waals surface area contributed by atoms with Crippen molar-refractivity contribution in [2.24, 2.45) is 0 Å². The Bertz CT molecular complexity index is 519. The van der Waals surface area contributed by atoms with E-state index in [1.807, 2.05) is 18.4 Å². The van der Waals surface area contributed by atoms with Gasteiger partial charge in [0.15, 0.2) is 0 Å². The lowest BCUT2D eigenvalue weighted by atomic mass is 10.4. The van der Waals surface area contributed by atoms with Crippen molar-refractivity contribution in [3.63, 3.8) is 0 Å². The van der Waals surface area contributed by atoms with Crippen LogP contribution in [0.15, 0.2) is 17.5 Å². The maximum atomic E-state index is 5.57. The van der Waals surface area contributed by atoms with Crippen molar-refractivity contribution in [2.75, 3.05) is 25.6 Å². The average molecular weight is 294 g/mol. The van der Waals surface area contributed by atoms with Gasteiger partial charge in [-0.05, 0) is 17.9 Å². The van der Waals surface area contributed by atoms with Crippen LogP contribution in [-0.4, -0.2) is 35.2 Å². The molecule has 2 aromatic rings. The van der Waals surface area contributed by atoms with E-state index in [0.717, 1.165) is 12.8 Å². The van der Waals surface area contributed by atoms with Crippen LogP contribution in [0.2, 0.25) is 0 Å². The molecule has 0 spiro atoms. The average Bonchev–Trinajstić information content (AvgIpc) is 2.98. The molecule has 0 fully saturated rings. The fraction of sp³-hybridized carbons (Fsp3) is 0.462. The van der Waals surface area contributed by atoms with Crippen LogP contribution in [0.25, 0.3) is 0 Å². The third-order valence-electron chi connectivity index (χ3n) is 2.41. The summed E-state index contributed by atoms with van der Waals surface area (Å²) in [5, 5.41) is 4.92. The molecule has 2 aromatic heterocycles. The van der Waals surface area contributed by atoms with Crippen LogP contribution in [-0.2, 0) is 6.42 Å². The topological polar surface area (TPSA) is 69.2 Å². The molecule has 0 saturated heterocycles. The van der Waals surface area contributed by atoms with E-state index in [9.17, 15) is 0 Å². The van der Waals surface area contributed by atoms with Crippen LogP contribution in [0.1, 0.15) is 18.2 Å². The summed E-state index contributed by atoms with van der Waals surface area (Å²) in [7, 11) is 1.74. The first-order valence-corrected chi connectivity index (χ1v) is 7.41. The fourth-order valence-electron chi connectivity index (χ4n) is 1.47. The van der Waals surface area contributed by atoms with Gasteiger partial charge >= 0.3 is 12.0 Å². The van der Waals surface area contributed by atoms with E-state index in [1.165, 1.54) is 4.88 Å². The molecule has 0 unspecified atom stereocenters. The predicted octanol–water partition coefficient (Wildman–Crippen LogP) is 2.39. The Morgan fingerprint density at radius 1 is 1.15 bits per heavy atom. The maximum Gasteiger partial charge on any atom is 0.324 e. The first-order chi connectivity index (χ1) is 9.81. The zero-order chi connectivity index (χ0) is 14.2. The summed E-state index contributed by atoms with van der Waals surface area (Å²) in [6.07, 6.45) is 1.73. The van der Waals surface area contributed by atoms with E-state index in [1.54, 1.807) is 18.4 Å². The van der Waals surface area contributed by atoms with E-state index in [4.69, 9.17) is 9.47 Å². The highest BCUT2D eigenvalue weighted by Gasteiger charge is 2.07. The zero-order valence-corrected chi connectivity index (χ0v) is 12.4. The lowest BCUT2D eigenvalue weighted by molar-refractivity contribution is 0.264. The lowest BCUT2D eigenvalue weighted by Crippen LogP contribution is -2.09. The summed E-state index contributed by atoms with van der Waals surface area (Å²) < 4.78 is 11.0. The van der Waals surface area contributed by atoms with Crippen molar-refractivity contribution in [1.82, 2.24) is 15.0 Å². The predicted molar refractivity (Wildman–Crippen MR) is 78.7 cm³/mol. The van der Waals surface area contributed by atoms with Gasteiger partial charge in [0.1, 0.15) is 0 Å². The number of aromatic nitrogens is 3. The molecule has 0 bridgehead atoms. The Balaban J connectivity index is 1.94. The molecule has 20 heavy (non-hydrogen) atoms. The Kier molecular flexibility index (Phi) is 5.55. The number of nitrogens with one attached hydrogen (secondary N) is 1. The molecule has 0 saturated carbocycles. The Morgan fingerprint density at radius 2 is 1.90 bits per heavy atom. The molecule has 2 heterocycles. The molecule has 6 nitrogen and oxygen atoms in total. The first kappa shape index (κ1) is 14.5. The van der Waals surface area contributed by atoms with Gasteiger partial charge in [-0.2, -0.15) is 9.97 Å². The molecule has 108 valence electrons. The van der Waals surface area contributed by atoms with Gasteiger partial charge in [-0.15, -0.1) is 16.3 Å². The van der Waals surface area contributed by atoms with Crippen LogP contribution >= 0.6 is 11.3 Å². The van der Waals surface area contributed by atoms with Gasteiger partial charge in [-0.3, -0.25) is 0 Å². The second kappa shape index (κ2) is 7.64. The molecule has 0 amide bonds. The van der Waals surface area contributed by atoms with Crippen molar-refractivity contribution in [3.05, 3.63) is 22.4 Å². The molecule has 2 rings (SSSR count). The van der Waals surface area contributed by atoms with Crippen molar-refractivity contribution in [3.8, 4) is 12.0 Å². The molecule has 1 N–H and O–H groups in total. The number of rotatable bonds is 8. The summed E-state index contributed by atoms with van der Waals surface area (Å²) in [5.74, 6) is 0.442. The van der Waals surface area contributed by atoms with E-state index < -0.39 is 0 Å². The van der Waals surface area contributed by atoms with Crippen molar-refractivity contribution in [2.45, 2.75) is 19.8 Å². The van der Waals surface area contributed by atoms with Crippen LogP contribution in [0.3, 0.4) is 0 Å². The summed E-state index contributed by atoms with van der Waals surface area (Å²) >= 11 is 1.71. The van der Waals surface area contributed by atoms with Gasteiger partial charge in [0.25, 0.3) is 0 Å². The molecule has 0 aliphatic heterocycles. The van der Waals surface area contributed by atoms with Gasteiger partial charge in [-0.1, -0.05) is 13.0 Å². The zero-order valence-electron chi connectivity index (χ0n) is 11.6. The summed E-state index contributed by atoms with van der Waals surface area (Å²) in [5.41, 5.74) is 0. The van der Waals surface area contributed by atoms with Crippen LogP contribution in [0, 0.1) is 0 Å². The highest BCUT2D eigenvalue weighted by atomic mass is 32.1. The fourth-order valence-corrected chi connectivity index (χ4v) is 2.16. The summed E-state index contributed by atoms with van der Waals surface area (Å²) in [6.45, 7) is 3.13. The SMILES string of the molecule is CCCOc1nc(NC)nc(OCCc2cccs2)n1. The van der Waals surface area contributed by atoms with Crippen molar-refractivity contribution < 1.29 is 9.47 Å². The molecule has 0 aliphatic carbocycles. The van der Waals surface area contributed by atoms with Crippen molar-refractivity contribution >= 4 is 17.3 Å². The van der Waals surface area contributed by atoms with E-state index in [-0.39, 0.29) is 12.0 Å². The quantitative estimate of drug-likeness (QED) is 0.806. The van der Waals surface area contributed by atoms with Crippen molar-refractivity contribution in [1.29, 1.82) is 0 Å². The number of hydrogen-bond donors (Lipinski definition) is 1. The minimum atomic E-state index is 0.284. The Hall–Kier alpha value is -1.89. The maximum absolute atomic E-state index is 5.57. The van der Waals surface area contributed by atoms with Gasteiger partial charge in [0.05, 0.1) is 13.2 Å². The summed E-state index contributed by atoms with van der Waals surface area (Å²) in [4.78, 5) is 13.7. The second-order valence-electron chi connectivity index (χ2n) is 4.00. The third-order valence-corrected chi connectivity index (χ3v) is 3.35. The van der Waals surface area contributed by atoms with Gasteiger partial charge in [0.2, 0.25) is 5.95 Å². The number of ether oxygens (including phenoxy) is 2. The number of hydrogen-bond acceptors (Lipinski definition) is 7. The first-order valence-electron chi connectivity index (χ1n) is 6.53. The number of nitrogens with zero attached hydrogens (tertiary/aromatic N) is 3. The van der Waals surface area contributed by atoms with E-state index in [2.05, 4.69) is 26.3 Å². The molecule has 0 atom stereocenters. The largest absolute Gasteiger partial charge is 0.463 e. The molecule has 0 radical (unpaired) electrons. The molecule has 0 aliphatic rings. The molecule has 7 heteroatoms. The Morgan fingerprint density at radius 3 is 2.50 bits per heavy atom. The van der Waals surface area contributed by atoms with Gasteiger partial charge in [-0.25, -0.2) is 0 Å². The van der Waals surface area contributed by atoms with Crippen LogP contribution in [0.4, 0.5) is 5.95 Å². The smallest absolute Gasteiger partial charge is 0.324 e. The second-order valence-corrected chi connectivity index (χ2v) is 5.03. The minimum Gasteiger partial charge on any atom is -0.463 e. The third kappa shape index (κ3) is 4.34. The van der Waals surface area contributed by atoms with Gasteiger partial charge in [0, 0.05) is 18.3 Å². The minimum absolute atomic E-state index is 0.284. The van der Waals surface area contributed by atoms with E-state index in [0.29, 0.717) is 19.2 Å². The van der Waals surface area contributed by atoms with Crippen LogP contribution in [0.5, 0.6) is 12.0 Å². The highest BCUT2D eigenvalue weighted by molar-refractivity contribution is 7.09. The highest BCUT2D eigenvalue weighted by Crippen LogP contribution is 2.14. The molecule has 0 aromatic carbocycles.